The van der Waals surface area contributed by atoms with Crippen LogP contribution in [0.3, 0.4) is 0 Å². The predicted octanol–water partition coefficient (Wildman–Crippen LogP) is 3.32. The third-order valence-electron chi connectivity index (χ3n) is 3.35. The van der Waals surface area contributed by atoms with Gasteiger partial charge in [-0.2, -0.15) is 13.2 Å². The zero-order chi connectivity index (χ0) is 15.8. The van der Waals surface area contributed by atoms with Gasteiger partial charge in [0.1, 0.15) is 6.61 Å². The zero-order valence-corrected chi connectivity index (χ0v) is 11.5. The fourth-order valence-electron chi connectivity index (χ4n) is 2.10. The smallest absolute Gasteiger partial charge is 0.417 e. The highest BCUT2D eigenvalue weighted by Gasteiger charge is 2.40. The SMILES string of the molecule is CC(C)[C@H]1COC(=O)N1C(=O)c1ccc(C(F)(F)F)cc1. The number of carbonyl (C=O) groups excluding carboxylic acids is 2. The second kappa shape index (κ2) is 5.38. The van der Waals surface area contributed by atoms with Crippen molar-refractivity contribution in [2.45, 2.75) is 26.1 Å². The van der Waals surface area contributed by atoms with Crippen LogP contribution in [0.25, 0.3) is 0 Å². The molecule has 1 aromatic carbocycles. The first-order valence-corrected chi connectivity index (χ1v) is 6.39. The minimum atomic E-state index is -4.46. The number of imide groups is 1. The van der Waals surface area contributed by atoms with Crippen LogP contribution in [0, 0.1) is 5.92 Å². The van der Waals surface area contributed by atoms with Gasteiger partial charge >= 0.3 is 12.3 Å². The van der Waals surface area contributed by atoms with E-state index in [9.17, 15) is 22.8 Å². The van der Waals surface area contributed by atoms with Gasteiger partial charge in [0, 0.05) is 5.56 Å². The molecule has 1 atom stereocenters. The maximum absolute atomic E-state index is 12.5. The van der Waals surface area contributed by atoms with E-state index in [1.807, 2.05) is 13.8 Å². The summed E-state index contributed by atoms with van der Waals surface area (Å²) in [5.74, 6) is -0.653. The van der Waals surface area contributed by atoms with Crippen LogP contribution >= 0.6 is 0 Å². The lowest BCUT2D eigenvalue weighted by molar-refractivity contribution is -0.137. The monoisotopic (exact) mass is 301 g/mol. The molecule has 0 unspecified atom stereocenters. The van der Waals surface area contributed by atoms with Crippen LogP contribution in [0.2, 0.25) is 0 Å². The third kappa shape index (κ3) is 3.01. The molecule has 0 spiro atoms. The zero-order valence-electron chi connectivity index (χ0n) is 11.5. The molecule has 7 heteroatoms. The molecule has 1 fully saturated rings. The summed E-state index contributed by atoms with van der Waals surface area (Å²) in [7, 11) is 0. The van der Waals surface area contributed by atoms with E-state index >= 15 is 0 Å². The fraction of sp³-hybridized carbons (Fsp3) is 0.429. The van der Waals surface area contributed by atoms with Crippen molar-refractivity contribution in [3.8, 4) is 0 Å². The summed E-state index contributed by atoms with van der Waals surface area (Å²) in [6.45, 7) is 3.77. The molecule has 0 N–H and O–H groups in total. The van der Waals surface area contributed by atoms with Gasteiger partial charge in [-0.25, -0.2) is 9.69 Å². The Bertz CT molecular complexity index is 552. The van der Waals surface area contributed by atoms with Crippen molar-refractivity contribution in [2.75, 3.05) is 6.61 Å². The van der Waals surface area contributed by atoms with Crippen molar-refractivity contribution in [1.29, 1.82) is 0 Å². The lowest BCUT2D eigenvalue weighted by atomic mass is 10.0. The molecule has 0 radical (unpaired) electrons. The van der Waals surface area contributed by atoms with E-state index < -0.39 is 29.8 Å². The van der Waals surface area contributed by atoms with E-state index in [4.69, 9.17) is 4.74 Å². The summed E-state index contributed by atoms with van der Waals surface area (Å²) in [4.78, 5) is 24.9. The molecular formula is C14H14F3NO3. The van der Waals surface area contributed by atoms with Crippen molar-refractivity contribution in [2.24, 2.45) is 5.92 Å². The van der Waals surface area contributed by atoms with Crippen LogP contribution in [0.15, 0.2) is 24.3 Å². The van der Waals surface area contributed by atoms with E-state index in [-0.39, 0.29) is 18.1 Å². The van der Waals surface area contributed by atoms with Gasteiger partial charge in [-0.1, -0.05) is 13.8 Å². The Morgan fingerprint density at radius 1 is 1.29 bits per heavy atom. The van der Waals surface area contributed by atoms with E-state index in [0.29, 0.717) is 0 Å². The minimum Gasteiger partial charge on any atom is -0.447 e. The predicted molar refractivity (Wildman–Crippen MR) is 67.6 cm³/mol. The maximum Gasteiger partial charge on any atom is 0.417 e. The number of ether oxygens (including phenoxy) is 1. The van der Waals surface area contributed by atoms with Gasteiger partial charge in [0.15, 0.2) is 0 Å². The molecule has 0 saturated carbocycles. The Kier molecular flexibility index (Phi) is 3.93. The number of amides is 2. The lowest BCUT2D eigenvalue weighted by Gasteiger charge is -2.22. The van der Waals surface area contributed by atoms with E-state index in [1.54, 1.807) is 0 Å². The molecule has 21 heavy (non-hydrogen) atoms. The highest BCUT2D eigenvalue weighted by Crippen LogP contribution is 2.29. The van der Waals surface area contributed by atoms with Gasteiger partial charge in [0.25, 0.3) is 5.91 Å². The minimum absolute atomic E-state index is 0.00477. The molecule has 0 aromatic heterocycles. The molecule has 2 rings (SSSR count). The second-order valence-electron chi connectivity index (χ2n) is 5.14. The Hall–Kier alpha value is -2.05. The fourth-order valence-corrected chi connectivity index (χ4v) is 2.10. The number of carbonyl (C=O) groups is 2. The van der Waals surface area contributed by atoms with E-state index in [1.165, 1.54) is 0 Å². The van der Waals surface area contributed by atoms with Gasteiger partial charge in [-0.15, -0.1) is 0 Å². The van der Waals surface area contributed by atoms with Gasteiger partial charge in [0.05, 0.1) is 11.6 Å². The molecule has 1 aromatic rings. The Balaban J connectivity index is 2.25. The summed E-state index contributed by atoms with van der Waals surface area (Å²) >= 11 is 0. The lowest BCUT2D eigenvalue weighted by Crippen LogP contribution is -2.41. The Morgan fingerprint density at radius 3 is 2.33 bits per heavy atom. The van der Waals surface area contributed by atoms with Gasteiger partial charge in [-0.3, -0.25) is 4.79 Å². The molecular weight excluding hydrogens is 287 g/mol. The van der Waals surface area contributed by atoms with Crippen LogP contribution in [0.1, 0.15) is 29.8 Å². The van der Waals surface area contributed by atoms with Crippen molar-refractivity contribution in [3.63, 3.8) is 0 Å². The first-order chi connectivity index (χ1) is 9.71. The van der Waals surface area contributed by atoms with Gasteiger partial charge in [0.2, 0.25) is 0 Å². The average Bonchev–Trinajstić information content (AvgIpc) is 2.79. The largest absolute Gasteiger partial charge is 0.447 e. The molecule has 4 nitrogen and oxygen atoms in total. The highest BCUT2D eigenvalue weighted by atomic mass is 19.4. The summed E-state index contributed by atoms with van der Waals surface area (Å²) in [5.41, 5.74) is -0.823. The topological polar surface area (TPSA) is 46.6 Å². The standard InChI is InChI=1S/C14H14F3NO3/c1-8(2)11-7-21-13(20)18(11)12(19)9-3-5-10(6-4-9)14(15,16)17/h3-6,8,11H,7H2,1-2H3/t11-/m1/s1. The van der Waals surface area contributed by atoms with Crippen LogP contribution in [0.4, 0.5) is 18.0 Å². The highest BCUT2D eigenvalue weighted by molar-refractivity contribution is 6.03. The number of hydrogen-bond acceptors (Lipinski definition) is 3. The van der Waals surface area contributed by atoms with Crippen LogP contribution in [-0.4, -0.2) is 29.5 Å². The number of halogens is 3. The van der Waals surface area contributed by atoms with Crippen molar-refractivity contribution >= 4 is 12.0 Å². The normalized spacial score (nSPS) is 19.0. The third-order valence-corrected chi connectivity index (χ3v) is 3.35. The molecule has 1 heterocycles. The number of nitrogens with zero attached hydrogens (tertiary/aromatic N) is 1. The summed E-state index contributed by atoms with van der Waals surface area (Å²) in [6.07, 6.45) is -5.23. The Morgan fingerprint density at radius 2 is 1.86 bits per heavy atom. The summed E-state index contributed by atoms with van der Waals surface area (Å²) < 4.78 is 42.3. The summed E-state index contributed by atoms with van der Waals surface area (Å²) in [6, 6.07) is 3.35. The van der Waals surface area contributed by atoms with Gasteiger partial charge < -0.3 is 4.74 Å². The number of rotatable bonds is 2. The molecule has 1 aliphatic rings. The first-order valence-electron chi connectivity index (χ1n) is 6.39. The second-order valence-corrected chi connectivity index (χ2v) is 5.14. The van der Waals surface area contributed by atoms with E-state index in [2.05, 4.69) is 0 Å². The quantitative estimate of drug-likeness (QED) is 0.842. The van der Waals surface area contributed by atoms with Crippen LogP contribution in [-0.2, 0) is 10.9 Å². The van der Waals surface area contributed by atoms with E-state index in [0.717, 1.165) is 29.2 Å². The van der Waals surface area contributed by atoms with Crippen molar-refractivity contribution < 1.29 is 27.5 Å². The van der Waals surface area contributed by atoms with Crippen LogP contribution in [0.5, 0.6) is 0 Å². The molecule has 1 aliphatic heterocycles. The molecule has 114 valence electrons. The number of hydrogen-bond donors (Lipinski definition) is 0. The maximum atomic E-state index is 12.5. The molecule has 0 aliphatic carbocycles. The van der Waals surface area contributed by atoms with Gasteiger partial charge in [-0.05, 0) is 30.2 Å². The Labute approximate surface area is 119 Å². The number of benzene rings is 1. The average molecular weight is 301 g/mol. The molecule has 0 bridgehead atoms. The van der Waals surface area contributed by atoms with Crippen molar-refractivity contribution in [3.05, 3.63) is 35.4 Å². The number of alkyl halides is 3. The molecule has 2 amide bonds. The molecule has 1 saturated heterocycles. The van der Waals surface area contributed by atoms with Crippen LogP contribution < -0.4 is 0 Å². The number of cyclic esters (lactones) is 1. The van der Waals surface area contributed by atoms with Crippen molar-refractivity contribution in [1.82, 2.24) is 4.90 Å². The first kappa shape index (κ1) is 15.3. The summed E-state index contributed by atoms with van der Waals surface area (Å²) in [5, 5.41) is 0.